The van der Waals surface area contributed by atoms with Crippen molar-refractivity contribution in [3.63, 3.8) is 0 Å². The Balaban J connectivity index is 2.86. The van der Waals surface area contributed by atoms with Gasteiger partial charge in [0.1, 0.15) is 12.2 Å². The molecule has 1 fully saturated rings. The van der Waals surface area contributed by atoms with E-state index in [2.05, 4.69) is 5.32 Å². The number of hydrogen-bond donors (Lipinski definition) is 1. The van der Waals surface area contributed by atoms with Crippen LogP contribution in [0.2, 0.25) is 0 Å². The molecule has 0 aromatic rings. The van der Waals surface area contributed by atoms with Crippen LogP contribution in [0, 0.1) is 0 Å². The molecule has 19 heavy (non-hydrogen) atoms. The van der Waals surface area contributed by atoms with Gasteiger partial charge in [-0.05, 0) is 6.26 Å². The monoisotopic (exact) mass is 289 g/mol. The Kier molecular flexibility index (Phi) is 5.65. The van der Waals surface area contributed by atoms with Crippen molar-refractivity contribution in [2.45, 2.75) is 50.7 Å². The molecular weight excluding hydrogens is 270 g/mol. The Hall–Kier alpha value is -1.24. The largest absolute Gasteiger partial charge is 0.461 e. The van der Waals surface area contributed by atoms with E-state index in [0.717, 1.165) is 0 Å². The molecule has 1 aliphatic carbocycles. The molecule has 4 atom stereocenters. The Morgan fingerprint density at radius 3 is 2.00 bits per heavy atom. The molecule has 0 bridgehead atoms. The molecule has 7 heteroatoms. The van der Waals surface area contributed by atoms with Crippen LogP contribution in [0.5, 0.6) is 0 Å². The highest BCUT2D eigenvalue weighted by atomic mass is 32.2. The second-order valence-corrected chi connectivity index (χ2v) is 5.47. The second kappa shape index (κ2) is 6.79. The fourth-order valence-corrected chi connectivity index (χ4v) is 3.33. The lowest BCUT2D eigenvalue weighted by atomic mass is 10.2. The van der Waals surface area contributed by atoms with Gasteiger partial charge in [0.05, 0.1) is 11.3 Å². The second-order valence-electron chi connectivity index (χ2n) is 4.46. The normalized spacial score (nSPS) is 29.7. The van der Waals surface area contributed by atoms with Gasteiger partial charge in [0, 0.05) is 27.2 Å². The van der Waals surface area contributed by atoms with Crippen molar-refractivity contribution >= 4 is 29.6 Å². The third kappa shape index (κ3) is 4.41. The fourth-order valence-electron chi connectivity index (χ4n) is 2.32. The maximum absolute atomic E-state index is 11.3. The van der Waals surface area contributed by atoms with Gasteiger partial charge >= 0.3 is 11.9 Å². The van der Waals surface area contributed by atoms with Gasteiger partial charge in [-0.3, -0.25) is 14.4 Å². The summed E-state index contributed by atoms with van der Waals surface area (Å²) >= 11 is 1.48. The lowest BCUT2D eigenvalue weighted by molar-refractivity contribution is -0.149. The van der Waals surface area contributed by atoms with Crippen LogP contribution in [0.15, 0.2) is 0 Å². The number of thioether (sulfide) groups is 1. The van der Waals surface area contributed by atoms with E-state index < -0.39 is 12.1 Å². The maximum Gasteiger partial charge on any atom is 0.302 e. The minimum atomic E-state index is -0.469. The first-order chi connectivity index (χ1) is 8.85. The van der Waals surface area contributed by atoms with Gasteiger partial charge in [0.15, 0.2) is 0 Å². The molecule has 0 heterocycles. The van der Waals surface area contributed by atoms with E-state index in [1.54, 1.807) is 0 Å². The molecule has 0 aromatic carbocycles. The summed E-state index contributed by atoms with van der Waals surface area (Å²) < 4.78 is 10.4. The highest BCUT2D eigenvalue weighted by Crippen LogP contribution is 2.33. The summed E-state index contributed by atoms with van der Waals surface area (Å²) in [7, 11) is 0. The first-order valence-corrected chi connectivity index (χ1v) is 7.28. The Morgan fingerprint density at radius 2 is 1.58 bits per heavy atom. The summed E-state index contributed by atoms with van der Waals surface area (Å²) in [6.07, 6.45) is 1.43. The molecule has 108 valence electrons. The van der Waals surface area contributed by atoms with Gasteiger partial charge in [0.2, 0.25) is 5.91 Å². The van der Waals surface area contributed by atoms with Crippen LogP contribution in [-0.4, -0.2) is 47.6 Å². The number of amides is 1. The van der Waals surface area contributed by atoms with Gasteiger partial charge in [-0.15, -0.1) is 0 Å². The van der Waals surface area contributed by atoms with E-state index in [9.17, 15) is 14.4 Å². The Labute approximate surface area is 116 Å². The summed E-state index contributed by atoms with van der Waals surface area (Å²) in [6, 6.07) is -0.347. The number of carbonyl (C=O) groups excluding carboxylic acids is 3. The average Bonchev–Trinajstić information content (AvgIpc) is 2.53. The Morgan fingerprint density at radius 1 is 1.05 bits per heavy atom. The highest BCUT2D eigenvalue weighted by Gasteiger charge is 2.47. The minimum absolute atomic E-state index is 0.128. The number of hydrogen-bond acceptors (Lipinski definition) is 6. The van der Waals surface area contributed by atoms with Gasteiger partial charge < -0.3 is 14.8 Å². The first-order valence-electron chi connectivity index (χ1n) is 5.99. The number of nitrogens with one attached hydrogen (secondary N) is 1. The van der Waals surface area contributed by atoms with Gasteiger partial charge in [-0.2, -0.15) is 11.8 Å². The lowest BCUT2D eigenvalue weighted by Crippen LogP contribution is -2.47. The predicted octanol–water partition coefficient (Wildman–Crippen LogP) is 0.490. The van der Waals surface area contributed by atoms with Crippen LogP contribution >= 0.6 is 11.8 Å². The SMILES string of the molecule is CS[C@@H]1[C@@H](NC(C)=O)[C@@H](OC(C)=O)C[C@H]1OC(C)=O. The van der Waals surface area contributed by atoms with Crippen molar-refractivity contribution in [1.29, 1.82) is 0 Å². The Bertz CT molecular complexity index is 373. The van der Waals surface area contributed by atoms with Gasteiger partial charge in [0.25, 0.3) is 0 Å². The summed E-state index contributed by atoms with van der Waals surface area (Å²) in [5, 5.41) is 2.65. The van der Waals surface area contributed by atoms with Crippen molar-refractivity contribution in [3.05, 3.63) is 0 Å². The minimum Gasteiger partial charge on any atom is -0.461 e. The van der Waals surface area contributed by atoms with Crippen molar-refractivity contribution in [2.24, 2.45) is 0 Å². The molecule has 0 saturated heterocycles. The zero-order chi connectivity index (χ0) is 14.6. The van der Waals surface area contributed by atoms with Crippen molar-refractivity contribution in [2.75, 3.05) is 6.26 Å². The van der Waals surface area contributed by atoms with Crippen molar-refractivity contribution < 1.29 is 23.9 Å². The lowest BCUT2D eigenvalue weighted by Gasteiger charge is -2.25. The number of rotatable bonds is 4. The molecule has 0 aliphatic heterocycles. The topological polar surface area (TPSA) is 81.7 Å². The number of esters is 2. The standard InChI is InChI=1S/C12H19NO5S/c1-6(14)13-11-9(17-7(2)15)5-10(12(11)19-4)18-8(3)16/h9-12H,5H2,1-4H3,(H,13,14)/t9-,10+,11-,12-/m0/s1. The summed E-state index contributed by atoms with van der Waals surface area (Å²) in [5.74, 6) is -0.998. The average molecular weight is 289 g/mol. The molecule has 0 unspecified atom stereocenters. The zero-order valence-corrected chi connectivity index (χ0v) is 12.3. The van der Waals surface area contributed by atoms with Crippen LogP contribution in [0.25, 0.3) is 0 Å². The summed E-state index contributed by atoms with van der Waals surface area (Å²) in [6.45, 7) is 4.06. The van der Waals surface area contributed by atoms with E-state index in [0.29, 0.717) is 6.42 Å². The molecular formula is C12H19NO5S. The zero-order valence-electron chi connectivity index (χ0n) is 11.5. The maximum atomic E-state index is 11.3. The van der Waals surface area contributed by atoms with Crippen molar-refractivity contribution in [3.8, 4) is 0 Å². The van der Waals surface area contributed by atoms with Crippen LogP contribution in [0.4, 0.5) is 0 Å². The first kappa shape index (κ1) is 15.8. The molecule has 1 aliphatic rings. The molecule has 0 aromatic heterocycles. The van der Waals surface area contributed by atoms with Gasteiger partial charge in [-0.1, -0.05) is 0 Å². The van der Waals surface area contributed by atoms with E-state index in [1.807, 2.05) is 6.26 Å². The van der Waals surface area contributed by atoms with Crippen LogP contribution in [0.3, 0.4) is 0 Å². The van der Waals surface area contributed by atoms with Crippen LogP contribution in [0.1, 0.15) is 27.2 Å². The number of ether oxygens (including phenoxy) is 2. The third-order valence-corrected chi connectivity index (χ3v) is 4.00. The van der Waals surface area contributed by atoms with E-state index in [-0.39, 0.29) is 29.3 Å². The number of carbonyl (C=O) groups is 3. The van der Waals surface area contributed by atoms with Crippen molar-refractivity contribution in [1.82, 2.24) is 5.32 Å². The fraction of sp³-hybridized carbons (Fsp3) is 0.750. The molecule has 6 nitrogen and oxygen atoms in total. The van der Waals surface area contributed by atoms with E-state index in [4.69, 9.17) is 9.47 Å². The van der Waals surface area contributed by atoms with Crippen LogP contribution in [-0.2, 0) is 23.9 Å². The smallest absolute Gasteiger partial charge is 0.302 e. The van der Waals surface area contributed by atoms with E-state index in [1.165, 1.54) is 32.5 Å². The molecule has 1 amide bonds. The molecule has 0 radical (unpaired) electrons. The predicted molar refractivity (Wildman–Crippen MR) is 70.6 cm³/mol. The highest BCUT2D eigenvalue weighted by molar-refractivity contribution is 7.99. The molecule has 0 spiro atoms. The van der Waals surface area contributed by atoms with Gasteiger partial charge in [-0.25, -0.2) is 0 Å². The molecule has 1 rings (SSSR count). The quantitative estimate of drug-likeness (QED) is 0.759. The third-order valence-electron chi connectivity index (χ3n) is 2.86. The summed E-state index contributed by atoms with van der Waals surface area (Å²) in [4.78, 5) is 33.5. The molecule has 1 N–H and O–H groups in total. The van der Waals surface area contributed by atoms with E-state index >= 15 is 0 Å². The van der Waals surface area contributed by atoms with Crippen LogP contribution < -0.4 is 5.32 Å². The molecule has 1 saturated carbocycles. The summed E-state index contributed by atoms with van der Waals surface area (Å²) in [5.41, 5.74) is 0.